The number of nitrogens with one attached hydrogen (secondary N) is 1. The molecule has 2 N–H and O–H groups in total. The maximum Gasteiger partial charge on any atom is 0.325 e. The molecule has 0 saturated heterocycles. The first-order valence-electron chi connectivity index (χ1n) is 7.69. The Morgan fingerprint density at radius 2 is 1.96 bits per heavy atom. The minimum absolute atomic E-state index is 0.205. The Balaban J connectivity index is 1.85. The van der Waals surface area contributed by atoms with Crippen LogP contribution in [0.1, 0.15) is 19.4 Å². The summed E-state index contributed by atoms with van der Waals surface area (Å²) in [5.74, 6) is 0.358. The molecule has 128 valence electrons. The molecule has 1 aromatic heterocycles. The van der Waals surface area contributed by atoms with Crippen LogP contribution in [0.5, 0.6) is 5.75 Å². The van der Waals surface area contributed by atoms with Crippen molar-refractivity contribution in [1.29, 1.82) is 0 Å². The first kappa shape index (κ1) is 17.5. The molecule has 0 spiro atoms. The van der Waals surface area contributed by atoms with Gasteiger partial charge in [0.15, 0.2) is 5.82 Å². The summed E-state index contributed by atoms with van der Waals surface area (Å²) in [6.45, 7) is 4.57. The number of aromatic nitrogens is 2. The lowest BCUT2D eigenvalue weighted by molar-refractivity contribution is -0.137. The van der Waals surface area contributed by atoms with Crippen molar-refractivity contribution in [2.24, 2.45) is 5.92 Å². The van der Waals surface area contributed by atoms with Crippen LogP contribution < -0.4 is 10.1 Å². The number of anilines is 1. The van der Waals surface area contributed by atoms with Crippen LogP contribution in [0.4, 0.5) is 5.82 Å². The molecular weight excluding hydrogens is 310 g/mol. The van der Waals surface area contributed by atoms with Gasteiger partial charge in [0, 0.05) is 12.3 Å². The van der Waals surface area contributed by atoms with E-state index in [9.17, 15) is 9.59 Å². The van der Waals surface area contributed by atoms with Crippen LogP contribution in [0.3, 0.4) is 0 Å². The van der Waals surface area contributed by atoms with Gasteiger partial charge in [-0.1, -0.05) is 26.0 Å². The van der Waals surface area contributed by atoms with Crippen molar-refractivity contribution in [1.82, 2.24) is 9.78 Å². The molecule has 2 rings (SSSR count). The van der Waals surface area contributed by atoms with E-state index in [0.717, 1.165) is 11.3 Å². The standard InChI is InChI=1S/C17H21N3O4/c1-12(2)11-24-14-5-3-13(4-6-14)9-16(21)18-15-7-8-20(19-15)10-17(22)23/h3-8,12H,9-11H2,1-2H3,(H,22,23)(H,18,19,21). The smallest absolute Gasteiger partial charge is 0.325 e. The van der Waals surface area contributed by atoms with Gasteiger partial charge in [-0.15, -0.1) is 0 Å². The summed E-state index contributed by atoms with van der Waals surface area (Å²) in [6, 6.07) is 8.93. The van der Waals surface area contributed by atoms with Gasteiger partial charge >= 0.3 is 5.97 Å². The molecule has 7 nitrogen and oxygen atoms in total. The molecule has 2 aromatic rings. The molecule has 1 heterocycles. The molecule has 0 aliphatic carbocycles. The molecule has 0 fully saturated rings. The number of rotatable bonds is 8. The van der Waals surface area contributed by atoms with Crippen molar-refractivity contribution in [3.8, 4) is 5.75 Å². The van der Waals surface area contributed by atoms with Crippen LogP contribution in [0.25, 0.3) is 0 Å². The summed E-state index contributed by atoms with van der Waals surface area (Å²) in [6.07, 6.45) is 1.71. The quantitative estimate of drug-likeness (QED) is 0.773. The second kappa shape index (κ2) is 8.14. The van der Waals surface area contributed by atoms with Gasteiger partial charge in [-0.2, -0.15) is 5.10 Å². The monoisotopic (exact) mass is 331 g/mol. The zero-order valence-electron chi connectivity index (χ0n) is 13.7. The zero-order chi connectivity index (χ0) is 17.5. The van der Waals surface area contributed by atoms with Crippen LogP contribution in [0.15, 0.2) is 36.5 Å². The first-order chi connectivity index (χ1) is 11.4. The third-order valence-corrected chi connectivity index (χ3v) is 3.08. The normalized spacial score (nSPS) is 10.6. The molecule has 7 heteroatoms. The van der Waals surface area contributed by atoms with Crippen LogP contribution in [0.2, 0.25) is 0 Å². The summed E-state index contributed by atoms with van der Waals surface area (Å²) in [5, 5.41) is 15.3. The first-order valence-corrected chi connectivity index (χ1v) is 7.69. The zero-order valence-corrected chi connectivity index (χ0v) is 13.7. The van der Waals surface area contributed by atoms with E-state index in [1.54, 1.807) is 6.07 Å². The number of hydrogen-bond acceptors (Lipinski definition) is 4. The van der Waals surface area contributed by atoms with Crippen molar-refractivity contribution in [3.05, 3.63) is 42.1 Å². The average molecular weight is 331 g/mol. The van der Waals surface area contributed by atoms with Gasteiger partial charge in [0.1, 0.15) is 12.3 Å². The second-order valence-electron chi connectivity index (χ2n) is 5.87. The fourth-order valence-corrected chi connectivity index (χ4v) is 1.99. The van der Waals surface area contributed by atoms with E-state index in [1.807, 2.05) is 24.3 Å². The fourth-order valence-electron chi connectivity index (χ4n) is 1.99. The number of aliphatic carboxylic acids is 1. The largest absolute Gasteiger partial charge is 0.493 e. The number of carbonyl (C=O) groups is 2. The van der Waals surface area contributed by atoms with Gasteiger partial charge in [-0.3, -0.25) is 14.3 Å². The molecule has 24 heavy (non-hydrogen) atoms. The van der Waals surface area contributed by atoms with E-state index >= 15 is 0 Å². The van der Waals surface area contributed by atoms with Gasteiger partial charge in [-0.05, 0) is 23.6 Å². The van der Waals surface area contributed by atoms with Crippen LogP contribution in [-0.2, 0) is 22.6 Å². The summed E-state index contributed by atoms with van der Waals surface area (Å²) in [7, 11) is 0. The van der Waals surface area contributed by atoms with Crippen LogP contribution in [0, 0.1) is 5.92 Å². The van der Waals surface area contributed by atoms with E-state index in [4.69, 9.17) is 9.84 Å². The molecule has 0 bridgehead atoms. The van der Waals surface area contributed by atoms with Crippen molar-refractivity contribution < 1.29 is 19.4 Å². The number of carboxylic acid groups (broad SMARTS) is 1. The molecule has 1 aromatic carbocycles. The molecule has 0 radical (unpaired) electrons. The summed E-state index contributed by atoms with van der Waals surface area (Å²) in [4.78, 5) is 22.6. The number of benzene rings is 1. The van der Waals surface area contributed by atoms with Gasteiger partial charge in [-0.25, -0.2) is 0 Å². The Kier molecular flexibility index (Phi) is 5.95. The van der Waals surface area contributed by atoms with Gasteiger partial charge < -0.3 is 15.2 Å². The highest BCUT2D eigenvalue weighted by atomic mass is 16.5. The van der Waals surface area contributed by atoms with Gasteiger partial charge in [0.05, 0.1) is 13.0 Å². The second-order valence-corrected chi connectivity index (χ2v) is 5.87. The van der Waals surface area contributed by atoms with Crippen molar-refractivity contribution in [3.63, 3.8) is 0 Å². The fraction of sp³-hybridized carbons (Fsp3) is 0.353. The van der Waals surface area contributed by atoms with Gasteiger partial charge in [0.2, 0.25) is 5.91 Å². The van der Waals surface area contributed by atoms with Crippen molar-refractivity contribution in [2.75, 3.05) is 11.9 Å². The minimum Gasteiger partial charge on any atom is -0.493 e. The van der Waals surface area contributed by atoms with E-state index in [0.29, 0.717) is 18.3 Å². The third-order valence-electron chi connectivity index (χ3n) is 3.08. The van der Waals surface area contributed by atoms with Gasteiger partial charge in [0.25, 0.3) is 0 Å². The number of amides is 1. The number of carboxylic acids is 1. The predicted molar refractivity (Wildman–Crippen MR) is 89.0 cm³/mol. The lowest BCUT2D eigenvalue weighted by atomic mass is 10.1. The molecule has 0 atom stereocenters. The Labute approximate surface area is 140 Å². The number of hydrogen-bond donors (Lipinski definition) is 2. The van der Waals surface area contributed by atoms with Crippen LogP contribution in [-0.4, -0.2) is 33.4 Å². The van der Waals surface area contributed by atoms with E-state index in [1.165, 1.54) is 10.9 Å². The Bertz CT molecular complexity index is 692. The third kappa shape index (κ3) is 5.75. The highest BCUT2D eigenvalue weighted by Crippen LogP contribution is 2.14. The molecule has 0 aliphatic heterocycles. The van der Waals surface area contributed by atoms with Crippen LogP contribution >= 0.6 is 0 Å². The Hall–Kier alpha value is -2.83. The number of carbonyl (C=O) groups excluding carboxylic acids is 1. The molecule has 0 unspecified atom stereocenters. The summed E-state index contributed by atoms with van der Waals surface area (Å²) >= 11 is 0. The minimum atomic E-state index is -0.990. The maximum absolute atomic E-state index is 12.0. The molecule has 1 amide bonds. The predicted octanol–water partition coefficient (Wildman–Crippen LogP) is 2.18. The lowest BCUT2D eigenvalue weighted by Gasteiger charge is -2.09. The highest BCUT2D eigenvalue weighted by molar-refractivity contribution is 5.91. The SMILES string of the molecule is CC(C)COc1ccc(CC(=O)Nc2ccn(CC(=O)O)n2)cc1. The summed E-state index contributed by atoms with van der Waals surface area (Å²) < 4.78 is 6.85. The highest BCUT2D eigenvalue weighted by Gasteiger charge is 2.08. The molecular formula is C17H21N3O4. The Morgan fingerprint density at radius 3 is 2.58 bits per heavy atom. The number of ether oxygens (including phenoxy) is 1. The molecule has 0 aliphatic rings. The van der Waals surface area contributed by atoms with E-state index < -0.39 is 5.97 Å². The maximum atomic E-state index is 12.0. The average Bonchev–Trinajstić information content (AvgIpc) is 2.92. The van der Waals surface area contributed by atoms with E-state index in [2.05, 4.69) is 24.3 Å². The lowest BCUT2D eigenvalue weighted by Crippen LogP contribution is -2.15. The van der Waals surface area contributed by atoms with Crippen molar-refractivity contribution >= 4 is 17.7 Å². The number of nitrogens with zero attached hydrogens (tertiary/aromatic N) is 2. The Morgan fingerprint density at radius 1 is 1.25 bits per heavy atom. The van der Waals surface area contributed by atoms with Crippen molar-refractivity contribution in [2.45, 2.75) is 26.8 Å². The summed E-state index contributed by atoms with van der Waals surface area (Å²) in [5.41, 5.74) is 0.856. The topological polar surface area (TPSA) is 93.5 Å². The van der Waals surface area contributed by atoms with E-state index in [-0.39, 0.29) is 18.9 Å². The molecule has 0 saturated carbocycles.